The van der Waals surface area contributed by atoms with E-state index < -0.39 is 36.9 Å². The molecular weight excluding hydrogens is 364 g/mol. The lowest BCUT2D eigenvalue weighted by Crippen LogP contribution is -2.49. The second-order valence-corrected chi connectivity index (χ2v) is 5.56. The molecule has 2 heterocycles. The van der Waals surface area contributed by atoms with E-state index in [2.05, 4.69) is 9.72 Å². The molecule has 0 aromatic carbocycles. The molecule has 2 rings (SSSR count). The van der Waals surface area contributed by atoms with Gasteiger partial charge in [-0.25, -0.2) is 13.8 Å². The van der Waals surface area contributed by atoms with Gasteiger partial charge in [0.05, 0.1) is 31.2 Å². The van der Waals surface area contributed by atoms with Crippen LogP contribution in [-0.4, -0.2) is 71.6 Å². The number of alkyl halides is 4. The van der Waals surface area contributed by atoms with Gasteiger partial charge in [0.2, 0.25) is 5.88 Å². The monoisotopic (exact) mass is 380 g/mol. The van der Waals surface area contributed by atoms with Gasteiger partial charge in [-0.1, -0.05) is 0 Å². The average molecular weight is 380 g/mol. The number of carboxylic acid groups (broad SMARTS) is 1. The number of rotatable bonds is 7. The van der Waals surface area contributed by atoms with E-state index >= 15 is 0 Å². The second-order valence-electron chi connectivity index (χ2n) is 5.56. The van der Waals surface area contributed by atoms with E-state index in [-0.39, 0.29) is 37.6 Å². The summed E-state index contributed by atoms with van der Waals surface area (Å²) in [5.74, 6) is -6.24. The van der Waals surface area contributed by atoms with Crippen molar-refractivity contribution in [2.45, 2.75) is 24.8 Å². The fourth-order valence-electron chi connectivity index (χ4n) is 2.28. The van der Waals surface area contributed by atoms with Crippen molar-refractivity contribution >= 4 is 11.9 Å². The summed E-state index contributed by atoms with van der Waals surface area (Å²) in [6.07, 6.45) is -3.11. The van der Waals surface area contributed by atoms with Gasteiger partial charge in [0.15, 0.2) is 6.61 Å². The number of amides is 1. The highest BCUT2D eigenvalue weighted by Crippen LogP contribution is 2.24. The number of ether oxygens (including phenoxy) is 2. The Hall–Kier alpha value is -2.43. The van der Waals surface area contributed by atoms with E-state index in [0.717, 1.165) is 12.3 Å². The number of aliphatic carboxylic acids is 1. The molecule has 0 radical (unpaired) electrons. The van der Waals surface area contributed by atoms with Crippen molar-refractivity contribution in [2.75, 3.05) is 26.4 Å². The summed E-state index contributed by atoms with van der Waals surface area (Å²) in [7, 11) is 0. The topological polar surface area (TPSA) is 89.0 Å². The number of carboxylic acids is 1. The summed E-state index contributed by atoms with van der Waals surface area (Å²) in [6.45, 7) is -1.03. The molecule has 1 aliphatic heterocycles. The van der Waals surface area contributed by atoms with Crippen LogP contribution < -0.4 is 4.74 Å². The van der Waals surface area contributed by atoms with Crippen LogP contribution in [0.2, 0.25) is 0 Å². The lowest BCUT2D eigenvalue weighted by atomic mass is 10.1. The molecule has 1 fully saturated rings. The zero-order valence-electron chi connectivity index (χ0n) is 13.4. The quantitative estimate of drug-likeness (QED) is 0.724. The summed E-state index contributed by atoms with van der Waals surface area (Å²) in [4.78, 5) is 28.3. The van der Waals surface area contributed by atoms with Gasteiger partial charge in [-0.15, -0.1) is 0 Å². The minimum atomic E-state index is -4.31. The Morgan fingerprint density at radius 3 is 2.73 bits per heavy atom. The van der Waals surface area contributed by atoms with Gasteiger partial charge in [-0.2, -0.15) is 8.78 Å². The van der Waals surface area contributed by atoms with Crippen LogP contribution in [-0.2, 0) is 9.53 Å². The molecule has 0 bridgehead atoms. The van der Waals surface area contributed by atoms with Crippen molar-refractivity contribution in [3.8, 4) is 5.88 Å². The summed E-state index contributed by atoms with van der Waals surface area (Å²) in [5.41, 5.74) is 0.0789. The molecule has 0 spiro atoms. The standard InChI is InChI=1S/C15H16F4N2O5/c16-14(17)15(18,19)8-26-11-2-1-9(6-20-11)13(24)21-3-4-25-7-10(21)5-12(22)23/h1-2,6,10,14H,3-5,7-8H2,(H,22,23). The number of hydrogen-bond acceptors (Lipinski definition) is 5. The first-order valence-electron chi connectivity index (χ1n) is 7.56. The smallest absolute Gasteiger partial charge is 0.340 e. The molecule has 1 aromatic heterocycles. The minimum Gasteiger partial charge on any atom is -0.481 e. The first-order valence-corrected chi connectivity index (χ1v) is 7.56. The normalized spacial score (nSPS) is 18.0. The van der Waals surface area contributed by atoms with E-state index in [1.807, 2.05) is 0 Å². The predicted molar refractivity (Wildman–Crippen MR) is 78.6 cm³/mol. The zero-order valence-corrected chi connectivity index (χ0v) is 13.4. The van der Waals surface area contributed by atoms with Crippen molar-refractivity contribution in [2.24, 2.45) is 0 Å². The van der Waals surface area contributed by atoms with Gasteiger partial charge in [-0.05, 0) is 6.07 Å². The maximum absolute atomic E-state index is 12.8. The van der Waals surface area contributed by atoms with Crippen molar-refractivity contribution in [1.82, 2.24) is 9.88 Å². The molecule has 7 nitrogen and oxygen atoms in total. The molecular formula is C15H16F4N2O5. The van der Waals surface area contributed by atoms with Gasteiger partial charge in [0.1, 0.15) is 0 Å². The molecule has 1 N–H and O–H groups in total. The van der Waals surface area contributed by atoms with Crippen LogP contribution in [0.5, 0.6) is 5.88 Å². The molecule has 0 saturated carbocycles. The van der Waals surface area contributed by atoms with Crippen LogP contribution in [0.25, 0.3) is 0 Å². The molecule has 0 aliphatic carbocycles. The lowest BCUT2D eigenvalue weighted by Gasteiger charge is -2.34. The van der Waals surface area contributed by atoms with Crippen LogP contribution in [0.15, 0.2) is 18.3 Å². The number of aromatic nitrogens is 1. The lowest BCUT2D eigenvalue weighted by molar-refractivity contribution is -0.148. The highest BCUT2D eigenvalue weighted by Gasteiger charge is 2.41. The SMILES string of the molecule is O=C(O)CC1COCCN1C(=O)c1ccc(OCC(F)(F)C(F)F)nc1. The molecule has 1 amide bonds. The van der Waals surface area contributed by atoms with Crippen LogP contribution in [0.4, 0.5) is 17.6 Å². The Morgan fingerprint density at radius 1 is 1.42 bits per heavy atom. The maximum Gasteiger partial charge on any atom is 0.340 e. The molecule has 11 heteroatoms. The van der Waals surface area contributed by atoms with Gasteiger partial charge in [-0.3, -0.25) is 9.59 Å². The summed E-state index contributed by atoms with van der Waals surface area (Å²) >= 11 is 0. The van der Waals surface area contributed by atoms with Gasteiger partial charge in [0, 0.05) is 18.8 Å². The molecule has 26 heavy (non-hydrogen) atoms. The number of morpholine rings is 1. The highest BCUT2D eigenvalue weighted by atomic mass is 19.3. The van der Waals surface area contributed by atoms with Gasteiger partial charge >= 0.3 is 18.3 Å². The van der Waals surface area contributed by atoms with E-state index in [9.17, 15) is 27.2 Å². The molecule has 144 valence electrons. The number of pyridine rings is 1. The Morgan fingerprint density at radius 2 is 2.15 bits per heavy atom. The van der Waals surface area contributed by atoms with Crippen molar-refractivity contribution < 1.29 is 41.7 Å². The van der Waals surface area contributed by atoms with Crippen LogP contribution >= 0.6 is 0 Å². The number of hydrogen-bond donors (Lipinski definition) is 1. The average Bonchev–Trinajstić information content (AvgIpc) is 2.60. The van der Waals surface area contributed by atoms with Crippen LogP contribution in [0.3, 0.4) is 0 Å². The van der Waals surface area contributed by atoms with E-state index in [1.54, 1.807) is 0 Å². The summed E-state index contributed by atoms with van der Waals surface area (Å²) in [5, 5.41) is 8.90. The predicted octanol–water partition coefficient (Wildman–Crippen LogP) is 1.68. The van der Waals surface area contributed by atoms with Crippen molar-refractivity contribution in [1.29, 1.82) is 0 Å². The molecule has 1 aromatic rings. The van der Waals surface area contributed by atoms with Gasteiger partial charge in [0.25, 0.3) is 5.91 Å². The fraction of sp³-hybridized carbons (Fsp3) is 0.533. The second kappa shape index (κ2) is 8.30. The van der Waals surface area contributed by atoms with Crippen LogP contribution in [0, 0.1) is 0 Å². The number of carbonyl (C=O) groups excluding carboxylic acids is 1. The first kappa shape index (κ1) is 19.9. The minimum absolute atomic E-state index is 0.0787. The highest BCUT2D eigenvalue weighted by molar-refractivity contribution is 5.94. The van der Waals surface area contributed by atoms with E-state index in [1.165, 1.54) is 11.0 Å². The molecule has 1 unspecified atom stereocenters. The number of carbonyl (C=O) groups is 2. The fourth-order valence-corrected chi connectivity index (χ4v) is 2.28. The van der Waals surface area contributed by atoms with E-state index in [4.69, 9.17) is 9.84 Å². The summed E-state index contributed by atoms with van der Waals surface area (Å²) < 4.78 is 59.4. The van der Waals surface area contributed by atoms with Crippen LogP contribution in [0.1, 0.15) is 16.8 Å². The largest absolute Gasteiger partial charge is 0.481 e. The molecule has 1 saturated heterocycles. The summed E-state index contributed by atoms with van der Waals surface area (Å²) in [6, 6.07) is 1.69. The number of halogens is 4. The Labute approximate surface area is 145 Å². The Kier molecular flexibility index (Phi) is 6.35. The molecule has 1 atom stereocenters. The third kappa shape index (κ3) is 5.04. The van der Waals surface area contributed by atoms with Gasteiger partial charge < -0.3 is 19.5 Å². The Bertz CT molecular complexity index is 641. The third-order valence-corrected chi connectivity index (χ3v) is 3.61. The zero-order chi connectivity index (χ0) is 19.3. The van der Waals surface area contributed by atoms with E-state index in [0.29, 0.717) is 0 Å². The number of nitrogens with zero attached hydrogens (tertiary/aromatic N) is 2. The third-order valence-electron chi connectivity index (χ3n) is 3.61. The Balaban J connectivity index is 2.02. The van der Waals surface area contributed by atoms with Crippen molar-refractivity contribution in [3.05, 3.63) is 23.9 Å². The van der Waals surface area contributed by atoms with Crippen molar-refractivity contribution in [3.63, 3.8) is 0 Å². The molecule has 1 aliphatic rings. The first-order chi connectivity index (χ1) is 12.2. The maximum atomic E-state index is 12.8.